The Bertz CT molecular complexity index is 744. The monoisotopic (exact) mass is 375 g/mol. The van der Waals surface area contributed by atoms with Crippen LogP contribution in [0.15, 0.2) is 40.2 Å². The summed E-state index contributed by atoms with van der Waals surface area (Å²) in [6, 6.07) is 4.23. The van der Waals surface area contributed by atoms with Gasteiger partial charge in [0.25, 0.3) is 10.0 Å². The van der Waals surface area contributed by atoms with Gasteiger partial charge in [-0.15, -0.1) is 0 Å². The average molecular weight is 376 g/mol. The number of halogens is 2. The minimum Gasteiger partial charge on any atom is -0.334 e. The third-order valence-corrected chi connectivity index (χ3v) is 4.97. The summed E-state index contributed by atoms with van der Waals surface area (Å²) in [5.41, 5.74) is 0.516. The standard InChI is InChI=1S/C13H15BrFN3O2S/c1-9(2)18-7-13(16-8-18)21(19,20)17-6-10-5-11(15)3-4-12(10)14/h3-5,7-9,17H,6H2,1-2H3. The van der Waals surface area contributed by atoms with Crippen molar-refractivity contribution in [1.29, 1.82) is 0 Å². The molecule has 5 nitrogen and oxygen atoms in total. The normalized spacial score (nSPS) is 12.0. The van der Waals surface area contributed by atoms with Crippen molar-refractivity contribution >= 4 is 26.0 Å². The highest BCUT2D eigenvalue weighted by atomic mass is 79.9. The predicted octanol–water partition coefficient (Wildman–Crippen LogP) is 2.84. The van der Waals surface area contributed by atoms with Crippen LogP contribution in [0.2, 0.25) is 0 Å². The van der Waals surface area contributed by atoms with Crippen molar-refractivity contribution in [1.82, 2.24) is 14.3 Å². The van der Waals surface area contributed by atoms with E-state index in [1.54, 1.807) is 4.57 Å². The molecule has 1 N–H and O–H groups in total. The molecule has 2 aromatic rings. The molecule has 0 unspecified atom stereocenters. The highest BCUT2D eigenvalue weighted by molar-refractivity contribution is 9.10. The van der Waals surface area contributed by atoms with Crippen LogP contribution in [0.5, 0.6) is 0 Å². The van der Waals surface area contributed by atoms with Crippen LogP contribution in [0.3, 0.4) is 0 Å². The first-order valence-electron chi connectivity index (χ1n) is 6.26. The minimum absolute atomic E-state index is 0.0186. The third-order valence-electron chi connectivity index (χ3n) is 2.91. The number of benzene rings is 1. The molecule has 2 rings (SSSR count). The molecule has 8 heteroatoms. The number of sulfonamides is 1. The molecule has 0 saturated carbocycles. The first kappa shape index (κ1) is 16.1. The van der Waals surface area contributed by atoms with Crippen LogP contribution in [-0.2, 0) is 16.6 Å². The maximum absolute atomic E-state index is 13.2. The summed E-state index contributed by atoms with van der Waals surface area (Å²) in [5, 5.41) is -0.0521. The lowest BCUT2D eigenvalue weighted by molar-refractivity contribution is 0.575. The Morgan fingerprint density at radius 2 is 2.14 bits per heavy atom. The number of nitrogens with zero attached hydrogens (tertiary/aromatic N) is 2. The second-order valence-electron chi connectivity index (χ2n) is 4.81. The molecule has 1 aromatic carbocycles. The Balaban J connectivity index is 2.15. The van der Waals surface area contributed by atoms with Gasteiger partial charge in [0.15, 0.2) is 5.03 Å². The predicted molar refractivity (Wildman–Crippen MR) is 80.7 cm³/mol. The summed E-state index contributed by atoms with van der Waals surface area (Å²) < 4.78 is 42.2. The lowest BCUT2D eigenvalue weighted by Gasteiger charge is -2.07. The van der Waals surface area contributed by atoms with Crippen LogP contribution in [0.25, 0.3) is 0 Å². The van der Waals surface area contributed by atoms with E-state index in [0.717, 1.165) is 0 Å². The Labute approximate surface area is 131 Å². The Hall–Kier alpha value is -1.25. The quantitative estimate of drug-likeness (QED) is 0.873. The molecule has 0 spiro atoms. The van der Waals surface area contributed by atoms with Gasteiger partial charge in [0.2, 0.25) is 0 Å². The Morgan fingerprint density at radius 3 is 2.76 bits per heavy atom. The maximum atomic E-state index is 13.2. The first-order valence-corrected chi connectivity index (χ1v) is 8.54. The summed E-state index contributed by atoms with van der Waals surface area (Å²) >= 11 is 3.26. The van der Waals surface area contributed by atoms with Crippen LogP contribution < -0.4 is 4.72 Å². The molecule has 21 heavy (non-hydrogen) atoms. The van der Waals surface area contributed by atoms with E-state index in [4.69, 9.17) is 0 Å². The summed E-state index contributed by atoms with van der Waals surface area (Å²) in [7, 11) is -3.73. The van der Waals surface area contributed by atoms with Crippen molar-refractivity contribution < 1.29 is 12.8 Å². The zero-order valence-corrected chi connectivity index (χ0v) is 13.9. The van der Waals surface area contributed by atoms with Crippen LogP contribution in [0.4, 0.5) is 4.39 Å². The van der Waals surface area contributed by atoms with E-state index in [2.05, 4.69) is 25.6 Å². The van der Waals surface area contributed by atoms with Crippen LogP contribution in [0.1, 0.15) is 25.5 Å². The van der Waals surface area contributed by atoms with Gasteiger partial charge in [-0.25, -0.2) is 22.5 Å². The van der Waals surface area contributed by atoms with E-state index < -0.39 is 15.8 Å². The van der Waals surface area contributed by atoms with Crippen molar-refractivity contribution in [2.45, 2.75) is 31.5 Å². The molecule has 114 valence electrons. The molecule has 0 fully saturated rings. The molecule has 1 heterocycles. The number of hydrogen-bond donors (Lipinski definition) is 1. The van der Waals surface area contributed by atoms with Crippen LogP contribution in [-0.4, -0.2) is 18.0 Å². The zero-order chi connectivity index (χ0) is 15.6. The van der Waals surface area contributed by atoms with Gasteiger partial charge in [0.1, 0.15) is 5.82 Å². The smallest absolute Gasteiger partial charge is 0.259 e. The van der Waals surface area contributed by atoms with Gasteiger partial charge < -0.3 is 4.57 Å². The first-order chi connectivity index (χ1) is 9.79. The average Bonchev–Trinajstić information content (AvgIpc) is 2.90. The van der Waals surface area contributed by atoms with Crippen molar-refractivity contribution in [3.8, 4) is 0 Å². The van der Waals surface area contributed by atoms with Gasteiger partial charge >= 0.3 is 0 Å². The molecule has 0 amide bonds. The highest BCUT2D eigenvalue weighted by Gasteiger charge is 2.18. The van der Waals surface area contributed by atoms with Gasteiger partial charge in [0.05, 0.1) is 6.33 Å². The summed E-state index contributed by atoms with van der Waals surface area (Å²) in [6.45, 7) is 3.83. The van der Waals surface area contributed by atoms with E-state index in [1.165, 1.54) is 30.7 Å². The van der Waals surface area contributed by atoms with Gasteiger partial charge in [-0.2, -0.15) is 0 Å². The molecule has 0 saturated heterocycles. The third kappa shape index (κ3) is 3.90. The fourth-order valence-electron chi connectivity index (χ4n) is 1.66. The maximum Gasteiger partial charge on any atom is 0.259 e. The number of rotatable bonds is 5. The largest absolute Gasteiger partial charge is 0.334 e. The van der Waals surface area contributed by atoms with E-state index in [1.807, 2.05) is 13.8 Å². The number of nitrogens with one attached hydrogen (secondary N) is 1. The van der Waals surface area contributed by atoms with Crippen molar-refractivity contribution in [2.24, 2.45) is 0 Å². The molecule has 0 aliphatic rings. The van der Waals surface area contributed by atoms with Crippen molar-refractivity contribution in [3.05, 3.63) is 46.6 Å². The number of hydrogen-bond acceptors (Lipinski definition) is 3. The molecule has 1 aromatic heterocycles. The molecule has 0 radical (unpaired) electrons. The van der Waals surface area contributed by atoms with Crippen molar-refractivity contribution in [3.63, 3.8) is 0 Å². The van der Waals surface area contributed by atoms with Gasteiger partial charge in [-0.3, -0.25) is 0 Å². The van der Waals surface area contributed by atoms with Gasteiger partial charge in [0, 0.05) is 23.3 Å². The van der Waals surface area contributed by atoms with E-state index in [9.17, 15) is 12.8 Å². The lowest BCUT2D eigenvalue weighted by Crippen LogP contribution is -2.23. The minimum atomic E-state index is -3.73. The Kier molecular flexibility index (Phi) is 4.80. The zero-order valence-electron chi connectivity index (χ0n) is 11.5. The second-order valence-corrected chi connectivity index (χ2v) is 7.38. The number of aromatic nitrogens is 2. The van der Waals surface area contributed by atoms with Crippen LogP contribution >= 0.6 is 15.9 Å². The highest BCUT2D eigenvalue weighted by Crippen LogP contribution is 2.18. The fraction of sp³-hybridized carbons (Fsp3) is 0.308. The summed E-state index contributed by atoms with van der Waals surface area (Å²) in [5.74, 6) is -0.420. The Morgan fingerprint density at radius 1 is 1.43 bits per heavy atom. The van der Waals surface area contributed by atoms with E-state index in [0.29, 0.717) is 10.0 Å². The number of imidazole rings is 1. The van der Waals surface area contributed by atoms with Gasteiger partial charge in [-0.1, -0.05) is 15.9 Å². The molecule has 0 atom stereocenters. The molecule has 0 aliphatic carbocycles. The fourth-order valence-corrected chi connectivity index (χ4v) is 2.99. The molecule has 0 bridgehead atoms. The summed E-state index contributed by atoms with van der Waals surface area (Å²) in [6.07, 6.45) is 2.94. The topological polar surface area (TPSA) is 64.0 Å². The molecular formula is C13H15BrFN3O2S. The van der Waals surface area contributed by atoms with E-state index in [-0.39, 0.29) is 17.6 Å². The molecule has 0 aliphatic heterocycles. The van der Waals surface area contributed by atoms with Crippen molar-refractivity contribution in [2.75, 3.05) is 0 Å². The van der Waals surface area contributed by atoms with Crippen LogP contribution in [0, 0.1) is 5.82 Å². The second kappa shape index (κ2) is 6.25. The molecular weight excluding hydrogens is 361 g/mol. The summed E-state index contributed by atoms with van der Waals surface area (Å²) in [4.78, 5) is 3.89. The van der Waals surface area contributed by atoms with Gasteiger partial charge in [-0.05, 0) is 37.6 Å². The SMILES string of the molecule is CC(C)n1cnc(S(=O)(=O)NCc2cc(F)ccc2Br)c1. The lowest BCUT2D eigenvalue weighted by atomic mass is 10.2. The van der Waals surface area contributed by atoms with E-state index >= 15 is 0 Å².